The average molecular weight is 257 g/mol. The molecule has 0 radical (unpaired) electrons. The Bertz CT molecular complexity index is 421. The molecule has 0 aromatic carbocycles. The topological polar surface area (TPSA) is 34.9 Å². The van der Waals surface area contributed by atoms with E-state index in [2.05, 4.69) is 20.9 Å². The first-order valence-electron chi connectivity index (χ1n) is 4.42. The molecule has 0 fully saturated rings. The van der Waals surface area contributed by atoms with Gasteiger partial charge in [0.2, 0.25) is 0 Å². The minimum atomic E-state index is -0.193. The Labute approximate surface area is 91.6 Å². The predicted octanol–water partition coefficient (Wildman–Crippen LogP) is 2.20. The number of aromatic nitrogens is 2. The second-order valence-corrected chi connectivity index (χ2v) is 3.85. The molecule has 76 valence electrons. The smallest absolute Gasteiger partial charge is 0.292 e. The minimum Gasteiger partial charge on any atom is -0.292 e. The standard InChI is InChI=1S/C10H13BrN2O/c1-4-5-6-13-8(3)9(11)7(2)12-10(13)14/h4-5H,6H2,1-3H3/b5-4+. The van der Waals surface area contributed by atoms with Gasteiger partial charge in [-0.05, 0) is 36.7 Å². The number of rotatable bonds is 2. The SMILES string of the molecule is C/C=C/Cn1c(C)c(Br)c(C)nc1=O. The lowest BCUT2D eigenvalue weighted by molar-refractivity contribution is 0.701. The minimum absolute atomic E-state index is 0.193. The molecule has 1 heterocycles. The van der Waals surface area contributed by atoms with Crippen LogP contribution in [-0.2, 0) is 6.54 Å². The van der Waals surface area contributed by atoms with E-state index >= 15 is 0 Å². The fraction of sp³-hybridized carbons (Fsp3) is 0.400. The normalized spacial score (nSPS) is 11.1. The van der Waals surface area contributed by atoms with Gasteiger partial charge < -0.3 is 0 Å². The molecule has 0 N–H and O–H groups in total. The van der Waals surface area contributed by atoms with Crippen LogP contribution >= 0.6 is 15.9 Å². The summed E-state index contributed by atoms with van der Waals surface area (Å²) in [6, 6.07) is 0. The van der Waals surface area contributed by atoms with Gasteiger partial charge in [-0.3, -0.25) is 4.57 Å². The van der Waals surface area contributed by atoms with E-state index in [4.69, 9.17) is 0 Å². The fourth-order valence-corrected chi connectivity index (χ4v) is 1.51. The lowest BCUT2D eigenvalue weighted by Crippen LogP contribution is -2.25. The molecule has 14 heavy (non-hydrogen) atoms. The Morgan fingerprint density at radius 2 is 2.14 bits per heavy atom. The molecule has 4 heteroatoms. The van der Waals surface area contributed by atoms with Crippen molar-refractivity contribution in [1.82, 2.24) is 9.55 Å². The van der Waals surface area contributed by atoms with Crippen LogP contribution in [0.1, 0.15) is 18.3 Å². The van der Waals surface area contributed by atoms with Gasteiger partial charge in [-0.1, -0.05) is 12.2 Å². The first kappa shape index (κ1) is 11.2. The maximum Gasteiger partial charge on any atom is 0.348 e. The summed E-state index contributed by atoms with van der Waals surface area (Å²) in [5.74, 6) is 0. The third-order valence-corrected chi connectivity index (χ3v) is 3.21. The fourth-order valence-electron chi connectivity index (χ4n) is 1.20. The van der Waals surface area contributed by atoms with Gasteiger partial charge in [-0.2, -0.15) is 4.98 Å². The van der Waals surface area contributed by atoms with Crippen LogP contribution in [0.25, 0.3) is 0 Å². The highest BCUT2D eigenvalue weighted by Crippen LogP contribution is 2.16. The van der Waals surface area contributed by atoms with Gasteiger partial charge in [-0.15, -0.1) is 0 Å². The third kappa shape index (κ3) is 2.12. The summed E-state index contributed by atoms with van der Waals surface area (Å²) in [6.45, 7) is 6.23. The molecule has 0 bridgehead atoms. The van der Waals surface area contributed by atoms with E-state index in [9.17, 15) is 4.79 Å². The largest absolute Gasteiger partial charge is 0.348 e. The first-order chi connectivity index (χ1) is 6.57. The zero-order valence-electron chi connectivity index (χ0n) is 8.54. The molecule has 1 rings (SSSR count). The van der Waals surface area contributed by atoms with Crippen molar-refractivity contribution in [2.75, 3.05) is 0 Å². The van der Waals surface area contributed by atoms with Crippen molar-refractivity contribution in [1.29, 1.82) is 0 Å². The molecule has 0 spiro atoms. The van der Waals surface area contributed by atoms with E-state index in [1.165, 1.54) is 0 Å². The summed E-state index contributed by atoms with van der Waals surface area (Å²) >= 11 is 3.41. The van der Waals surface area contributed by atoms with E-state index in [0.717, 1.165) is 15.9 Å². The molecule has 0 aliphatic heterocycles. The van der Waals surface area contributed by atoms with Crippen molar-refractivity contribution in [2.24, 2.45) is 0 Å². The van der Waals surface area contributed by atoms with Crippen molar-refractivity contribution in [3.8, 4) is 0 Å². The van der Waals surface area contributed by atoms with Gasteiger partial charge in [0.1, 0.15) is 0 Å². The second kappa shape index (κ2) is 4.55. The average Bonchev–Trinajstić information content (AvgIpc) is 2.14. The number of aryl methyl sites for hydroxylation is 1. The van der Waals surface area contributed by atoms with Crippen molar-refractivity contribution in [3.63, 3.8) is 0 Å². The summed E-state index contributed by atoms with van der Waals surface area (Å²) < 4.78 is 2.54. The number of halogens is 1. The van der Waals surface area contributed by atoms with Crippen molar-refractivity contribution in [3.05, 3.63) is 38.5 Å². The highest BCUT2D eigenvalue weighted by atomic mass is 79.9. The van der Waals surface area contributed by atoms with Crippen LogP contribution in [-0.4, -0.2) is 9.55 Å². The van der Waals surface area contributed by atoms with Crippen LogP contribution in [0.15, 0.2) is 21.4 Å². The lowest BCUT2D eigenvalue weighted by atomic mass is 10.3. The van der Waals surface area contributed by atoms with E-state index in [-0.39, 0.29) is 5.69 Å². The quantitative estimate of drug-likeness (QED) is 0.761. The zero-order valence-corrected chi connectivity index (χ0v) is 10.1. The van der Waals surface area contributed by atoms with Crippen LogP contribution in [0.3, 0.4) is 0 Å². The number of hydrogen-bond acceptors (Lipinski definition) is 2. The lowest BCUT2D eigenvalue weighted by Gasteiger charge is -2.09. The van der Waals surface area contributed by atoms with Crippen LogP contribution < -0.4 is 5.69 Å². The molecule has 1 aromatic rings. The molecule has 0 amide bonds. The maximum absolute atomic E-state index is 11.5. The Hall–Kier alpha value is -0.900. The van der Waals surface area contributed by atoms with Gasteiger partial charge in [0, 0.05) is 12.2 Å². The Balaban J connectivity index is 3.29. The molecule has 0 aliphatic carbocycles. The summed E-state index contributed by atoms with van der Waals surface area (Å²) in [5.41, 5.74) is 1.46. The molecular formula is C10H13BrN2O. The zero-order chi connectivity index (χ0) is 10.7. The van der Waals surface area contributed by atoms with Gasteiger partial charge >= 0.3 is 5.69 Å². The maximum atomic E-state index is 11.5. The van der Waals surface area contributed by atoms with E-state index in [1.54, 1.807) is 4.57 Å². The molecule has 0 saturated carbocycles. The third-order valence-electron chi connectivity index (χ3n) is 2.06. The van der Waals surface area contributed by atoms with Crippen LogP contribution in [0.2, 0.25) is 0 Å². The van der Waals surface area contributed by atoms with Crippen LogP contribution in [0.4, 0.5) is 0 Å². The number of allylic oxidation sites excluding steroid dienone is 2. The van der Waals surface area contributed by atoms with Crippen molar-refractivity contribution in [2.45, 2.75) is 27.3 Å². The van der Waals surface area contributed by atoms with E-state index in [0.29, 0.717) is 6.54 Å². The monoisotopic (exact) mass is 256 g/mol. The Morgan fingerprint density at radius 3 is 2.71 bits per heavy atom. The van der Waals surface area contributed by atoms with Crippen LogP contribution in [0, 0.1) is 13.8 Å². The molecule has 1 aromatic heterocycles. The molecule has 0 saturated heterocycles. The number of hydrogen-bond donors (Lipinski definition) is 0. The Morgan fingerprint density at radius 1 is 1.50 bits per heavy atom. The van der Waals surface area contributed by atoms with Crippen molar-refractivity contribution >= 4 is 15.9 Å². The highest BCUT2D eigenvalue weighted by Gasteiger charge is 2.07. The van der Waals surface area contributed by atoms with Gasteiger partial charge in [0.15, 0.2) is 0 Å². The second-order valence-electron chi connectivity index (χ2n) is 3.06. The summed E-state index contributed by atoms with van der Waals surface area (Å²) in [4.78, 5) is 15.4. The molecule has 0 atom stereocenters. The van der Waals surface area contributed by atoms with E-state index < -0.39 is 0 Å². The number of nitrogens with zero attached hydrogens (tertiary/aromatic N) is 2. The summed E-state index contributed by atoms with van der Waals surface area (Å²) in [7, 11) is 0. The van der Waals surface area contributed by atoms with Gasteiger partial charge in [0.25, 0.3) is 0 Å². The van der Waals surface area contributed by atoms with Crippen molar-refractivity contribution < 1.29 is 0 Å². The summed E-state index contributed by atoms with van der Waals surface area (Å²) in [5, 5.41) is 0. The molecule has 0 unspecified atom stereocenters. The molecular weight excluding hydrogens is 244 g/mol. The predicted molar refractivity (Wildman–Crippen MR) is 60.5 cm³/mol. The molecule has 3 nitrogen and oxygen atoms in total. The summed E-state index contributed by atoms with van der Waals surface area (Å²) in [6.07, 6.45) is 3.84. The van der Waals surface area contributed by atoms with E-state index in [1.807, 2.05) is 32.9 Å². The van der Waals surface area contributed by atoms with Gasteiger partial charge in [0.05, 0.1) is 10.2 Å². The van der Waals surface area contributed by atoms with Crippen LogP contribution in [0.5, 0.6) is 0 Å². The van der Waals surface area contributed by atoms with Gasteiger partial charge in [-0.25, -0.2) is 4.79 Å². The molecule has 0 aliphatic rings. The highest BCUT2D eigenvalue weighted by molar-refractivity contribution is 9.10. The first-order valence-corrected chi connectivity index (χ1v) is 5.22. The Kier molecular flexibility index (Phi) is 3.63.